The molecule has 0 aliphatic carbocycles. The minimum atomic E-state index is -3.16. The maximum atomic E-state index is 8.12. The van der Waals surface area contributed by atoms with Gasteiger partial charge in [0.2, 0.25) is 0 Å². The van der Waals surface area contributed by atoms with Crippen molar-refractivity contribution in [2.24, 2.45) is 0 Å². The van der Waals surface area contributed by atoms with Crippen LogP contribution in [0, 0.1) is 62.3 Å². The highest BCUT2D eigenvalue weighted by Gasteiger charge is 2.53. The number of anilines is 18. The molecule has 3 aliphatic heterocycles. The van der Waals surface area contributed by atoms with Gasteiger partial charge in [0.25, 0.3) is 0 Å². The summed E-state index contributed by atoms with van der Waals surface area (Å²) >= 11 is 8.12. The number of rotatable bonds is 12. The van der Waals surface area contributed by atoms with Crippen LogP contribution >= 0.6 is 6.04 Å². The molecule has 0 radical (unpaired) electrons. The second-order valence-electron chi connectivity index (χ2n) is 24.6. The van der Waals surface area contributed by atoms with E-state index in [1.165, 1.54) is 66.0 Å². The molecule has 8 heteroatoms. The van der Waals surface area contributed by atoms with E-state index in [1.807, 2.05) is 0 Å². The van der Waals surface area contributed by atoms with Crippen molar-refractivity contribution in [3.8, 4) is 0 Å². The standard InChI is InChI=1S/C81H69N6PS/c1-52-13-29-61(30-14-52)82(62-31-15-53(2)16-32-62)70-46-73-79-75(48-70)86(67-41-25-58(7)26-42-67)77-50-72(84(65-37-21-56(5)22-38-65)69-12-10-11-60(9)45-69)51-78-81(77)88(79,89)80-74(85(73)66-39-23-57(6)24-40-66)47-71(49-76(80)87(78)68-43-27-59(8)28-44-68)83(63-33-17-54(3)18-34-63)64-35-19-55(4)20-36-64/h10-51H,1-9H3. The molecule has 15 rings (SSSR count). The highest BCUT2D eigenvalue weighted by atomic mass is 32.4. The van der Waals surface area contributed by atoms with Crippen molar-refractivity contribution in [3.63, 3.8) is 0 Å². The van der Waals surface area contributed by atoms with Gasteiger partial charge in [0.15, 0.2) is 0 Å². The maximum Gasteiger partial charge on any atom is 0.0594 e. The lowest BCUT2D eigenvalue weighted by Crippen LogP contribution is -2.48. The van der Waals surface area contributed by atoms with Crippen LogP contribution in [0.1, 0.15) is 50.1 Å². The summed E-state index contributed by atoms with van der Waals surface area (Å²) in [5.74, 6) is 0. The Morgan fingerprint density at radius 1 is 0.225 bits per heavy atom. The SMILES string of the molecule is Cc1ccc(N(c2ccc(C)cc2)c2cc3c4c(c2)N(c2ccc(C)cc2)c2cc(N(c5ccc(C)cc5)c5cccc(C)c5)cc5c2P4(=S)c2c(cc(N(c4ccc(C)cc4)c4ccc(C)cc4)cc2N5c2ccc(C)cc2)N3c2ccc(C)cc2)cc1. The normalized spacial score (nSPS) is 13.1. The van der Waals surface area contributed by atoms with Crippen LogP contribution in [0.25, 0.3) is 0 Å². The van der Waals surface area contributed by atoms with Crippen LogP contribution in [0.4, 0.5) is 102 Å². The molecule has 3 heterocycles. The fourth-order valence-electron chi connectivity index (χ4n) is 13.4. The molecule has 0 spiro atoms. The smallest absolute Gasteiger partial charge is 0.0594 e. The van der Waals surface area contributed by atoms with Crippen LogP contribution in [0.2, 0.25) is 0 Å². The lowest BCUT2D eigenvalue weighted by molar-refractivity contribution is 1.19. The number of hydrogen-bond acceptors (Lipinski definition) is 7. The highest BCUT2D eigenvalue weighted by molar-refractivity contribution is 8.26. The molecule has 0 bridgehead atoms. The molecule has 0 saturated heterocycles. The third-order valence-corrected chi connectivity index (χ3v) is 22.8. The molecular formula is C81H69N6PS. The van der Waals surface area contributed by atoms with Crippen molar-refractivity contribution in [2.75, 3.05) is 29.4 Å². The summed E-state index contributed by atoms with van der Waals surface area (Å²) in [6, 6.07) is 92.7. The summed E-state index contributed by atoms with van der Waals surface area (Å²) in [5, 5.41) is 3.50. The van der Waals surface area contributed by atoms with E-state index in [0.29, 0.717) is 0 Å². The molecule has 0 unspecified atom stereocenters. The van der Waals surface area contributed by atoms with Gasteiger partial charge in [-0.2, -0.15) is 0 Å². The maximum absolute atomic E-state index is 8.12. The summed E-state index contributed by atoms with van der Waals surface area (Å²) in [5.41, 5.74) is 29.7. The van der Waals surface area contributed by atoms with Crippen molar-refractivity contribution in [3.05, 3.63) is 305 Å². The predicted octanol–water partition coefficient (Wildman–Crippen LogP) is 22.0. The summed E-state index contributed by atoms with van der Waals surface area (Å²) in [7, 11) is 0. The van der Waals surface area contributed by atoms with Crippen LogP contribution in [0.5, 0.6) is 0 Å². The van der Waals surface area contributed by atoms with Crippen LogP contribution in [-0.2, 0) is 11.8 Å². The van der Waals surface area contributed by atoms with E-state index >= 15 is 0 Å². The molecular weight excluding hydrogens is 1120 g/mol. The van der Waals surface area contributed by atoms with E-state index in [1.54, 1.807) is 0 Å². The van der Waals surface area contributed by atoms with E-state index in [-0.39, 0.29) is 0 Å². The predicted molar refractivity (Wildman–Crippen MR) is 384 cm³/mol. The summed E-state index contributed by atoms with van der Waals surface area (Å²) < 4.78 is 0. The van der Waals surface area contributed by atoms with E-state index in [2.05, 4.69) is 347 Å². The van der Waals surface area contributed by atoms with Crippen molar-refractivity contribution < 1.29 is 0 Å². The van der Waals surface area contributed by atoms with Crippen LogP contribution in [-0.4, -0.2) is 0 Å². The van der Waals surface area contributed by atoms with Crippen molar-refractivity contribution in [1.29, 1.82) is 0 Å². The van der Waals surface area contributed by atoms with Gasteiger partial charge in [-0.25, -0.2) is 0 Å². The van der Waals surface area contributed by atoms with Gasteiger partial charge in [-0.15, -0.1) is 0 Å². The first kappa shape index (κ1) is 55.7. The van der Waals surface area contributed by atoms with Gasteiger partial charge in [-0.05, 0) is 213 Å². The van der Waals surface area contributed by atoms with E-state index in [9.17, 15) is 0 Å². The Hall–Kier alpha value is -9.91. The van der Waals surface area contributed by atoms with Crippen molar-refractivity contribution in [1.82, 2.24) is 0 Å². The monoisotopic (exact) mass is 1190 g/mol. The lowest BCUT2D eigenvalue weighted by Gasteiger charge is -2.52. The Morgan fingerprint density at radius 3 is 0.663 bits per heavy atom. The summed E-state index contributed by atoms with van der Waals surface area (Å²) in [6.45, 7) is 19.5. The third kappa shape index (κ3) is 9.51. The first-order valence-electron chi connectivity index (χ1n) is 30.7. The Balaban J connectivity index is 1.15. The Labute approximate surface area is 529 Å². The average molecular weight is 1190 g/mol. The second kappa shape index (κ2) is 21.7. The molecule has 6 nitrogen and oxygen atoms in total. The molecule has 0 amide bonds. The van der Waals surface area contributed by atoms with E-state index in [0.717, 1.165) is 102 Å². The van der Waals surface area contributed by atoms with Gasteiger partial charge >= 0.3 is 0 Å². The fourth-order valence-corrected chi connectivity index (χ4v) is 18.6. The first-order valence-corrected chi connectivity index (χ1v) is 33.5. The Kier molecular flexibility index (Phi) is 13.6. The van der Waals surface area contributed by atoms with Crippen LogP contribution < -0.4 is 45.3 Å². The largest absolute Gasteiger partial charge is 0.310 e. The Morgan fingerprint density at radius 2 is 0.438 bits per heavy atom. The second-order valence-corrected chi connectivity index (χ2v) is 28.8. The minimum absolute atomic E-state index is 1.02. The molecule has 0 fully saturated rings. The number of nitrogens with zero attached hydrogens (tertiary/aromatic N) is 6. The first-order chi connectivity index (χ1) is 43.2. The molecule has 0 aromatic heterocycles. The zero-order valence-electron chi connectivity index (χ0n) is 51.8. The fraction of sp³-hybridized carbons (Fsp3) is 0.111. The van der Waals surface area contributed by atoms with Gasteiger partial charge < -0.3 is 29.4 Å². The molecule has 0 atom stereocenters. The van der Waals surface area contributed by atoms with Crippen LogP contribution in [0.3, 0.4) is 0 Å². The number of benzene rings is 12. The van der Waals surface area contributed by atoms with Crippen molar-refractivity contribution >= 4 is 136 Å². The zero-order valence-corrected chi connectivity index (χ0v) is 53.5. The highest BCUT2D eigenvalue weighted by Crippen LogP contribution is 2.69. The average Bonchev–Trinajstić information content (AvgIpc) is 0.659. The Bertz CT molecular complexity index is 4450. The molecule has 0 N–H and O–H groups in total. The quantitative estimate of drug-likeness (QED) is 0.112. The zero-order chi connectivity index (χ0) is 61.0. The molecule has 434 valence electrons. The van der Waals surface area contributed by atoms with Gasteiger partial charge in [0.1, 0.15) is 0 Å². The molecule has 0 saturated carbocycles. The van der Waals surface area contributed by atoms with Gasteiger partial charge in [-0.3, -0.25) is 0 Å². The topological polar surface area (TPSA) is 19.4 Å². The molecule has 12 aromatic rings. The van der Waals surface area contributed by atoms with Crippen LogP contribution in [0.15, 0.2) is 255 Å². The van der Waals surface area contributed by atoms with Gasteiger partial charge in [0, 0.05) is 67.1 Å². The summed E-state index contributed by atoms with van der Waals surface area (Å²) in [6.07, 6.45) is 0. The summed E-state index contributed by atoms with van der Waals surface area (Å²) in [4.78, 5) is 15.0. The van der Waals surface area contributed by atoms with E-state index in [4.69, 9.17) is 11.8 Å². The molecule has 89 heavy (non-hydrogen) atoms. The van der Waals surface area contributed by atoms with Gasteiger partial charge in [0.05, 0.1) is 57.2 Å². The minimum Gasteiger partial charge on any atom is -0.310 e. The third-order valence-electron chi connectivity index (χ3n) is 17.9. The van der Waals surface area contributed by atoms with Gasteiger partial charge in [-0.1, -0.05) is 166 Å². The van der Waals surface area contributed by atoms with Crippen molar-refractivity contribution in [2.45, 2.75) is 62.3 Å². The van der Waals surface area contributed by atoms with E-state index < -0.39 is 6.04 Å². The number of hydrogen-bond donors (Lipinski definition) is 0. The molecule has 3 aliphatic rings. The lowest BCUT2D eigenvalue weighted by atomic mass is 10.0. The molecule has 12 aromatic carbocycles. The number of aryl methyl sites for hydroxylation is 9.